The molecular formula is C17H10F3IO3S. The summed E-state index contributed by atoms with van der Waals surface area (Å²) in [6.45, 7) is 0. The van der Waals surface area contributed by atoms with Gasteiger partial charge in [0.2, 0.25) is 7.14 Å². The van der Waals surface area contributed by atoms with Crippen LogP contribution in [0.15, 0.2) is 60.7 Å². The maximum absolute atomic E-state index is 10.7. The van der Waals surface area contributed by atoms with Gasteiger partial charge in [-0.15, -0.1) is 0 Å². The van der Waals surface area contributed by atoms with Crippen molar-refractivity contribution in [1.29, 1.82) is 0 Å². The van der Waals surface area contributed by atoms with Gasteiger partial charge in [-0.1, -0.05) is 36.4 Å². The van der Waals surface area contributed by atoms with Gasteiger partial charge < -0.3 is 4.55 Å². The minimum Gasteiger partial charge on any atom is -0.741 e. The molecule has 3 aromatic carbocycles. The lowest BCUT2D eigenvalue weighted by molar-refractivity contribution is -0.587. The van der Waals surface area contributed by atoms with E-state index >= 15 is 0 Å². The zero-order chi connectivity index (χ0) is 18.2. The van der Waals surface area contributed by atoms with E-state index in [1.165, 1.54) is 21.9 Å². The molecule has 0 aliphatic carbocycles. The van der Waals surface area contributed by atoms with E-state index in [2.05, 4.69) is 60.7 Å². The monoisotopic (exact) mass is 478 g/mol. The zero-order valence-electron chi connectivity index (χ0n) is 12.4. The number of fused-ring (bicyclic) bond motifs is 5. The third kappa shape index (κ3) is 3.65. The van der Waals surface area contributed by atoms with Crippen molar-refractivity contribution < 1.29 is 47.3 Å². The van der Waals surface area contributed by atoms with Crippen molar-refractivity contribution in [2.45, 2.75) is 5.51 Å². The van der Waals surface area contributed by atoms with Gasteiger partial charge in [0.25, 0.3) is 0 Å². The van der Waals surface area contributed by atoms with Crippen LogP contribution in [0.3, 0.4) is 0 Å². The fraction of sp³-hybridized carbons (Fsp3) is 0.0588. The summed E-state index contributed by atoms with van der Waals surface area (Å²) >= 11 is 0.000572. The highest BCUT2D eigenvalue weighted by Gasteiger charge is 2.37. The number of benzene rings is 3. The lowest BCUT2D eigenvalue weighted by atomic mass is 10.0. The molecule has 3 nitrogen and oxygen atoms in total. The van der Waals surface area contributed by atoms with Crippen LogP contribution < -0.4 is 21.2 Å². The molecule has 0 atom stereocenters. The molecule has 0 amide bonds. The molecule has 0 radical (unpaired) electrons. The first kappa shape index (κ1) is 18.2. The molecule has 0 fully saturated rings. The number of rotatable bonds is 0. The van der Waals surface area contributed by atoms with Crippen LogP contribution in [-0.2, 0) is 10.1 Å². The molecule has 130 valence electrons. The summed E-state index contributed by atoms with van der Waals surface area (Å²) in [5.41, 5.74) is -2.72. The molecule has 0 spiro atoms. The average molecular weight is 478 g/mol. The molecule has 1 aliphatic rings. The van der Waals surface area contributed by atoms with Crippen molar-refractivity contribution in [3.63, 3.8) is 0 Å². The van der Waals surface area contributed by atoms with Crippen LogP contribution >= 0.6 is 0 Å². The third-order valence-electron chi connectivity index (χ3n) is 3.51. The van der Waals surface area contributed by atoms with E-state index in [4.69, 9.17) is 13.0 Å². The van der Waals surface area contributed by atoms with Crippen LogP contribution in [0.2, 0.25) is 0 Å². The van der Waals surface area contributed by atoms with E-state index in [0.29, 0.717) is 0 Å². The lowest BCUT2D eigenvalue weighted by Gasteiger charge is -2.08. The highest BCUT2D eigenvalue weighted by Crippen LogP contribution is 2.27. The van der Waals surface area contributed by atoms with E-state index in [9.17, 15) is 13.2 Å². The molecule has 0 saturated heterocycles. The predicted octanol–water partition coefficient (Wildman–Crippen LogP) is 1.00. The Hall–Kier alpha value is -1.65. The number of hydrogen-bond acceptors (Lipinski definition) is 3. The molecule has 8 heteroatoms. The molecule has 0 bridgehead atoms. The first-order valence-electron chi connectivity index (χ1n) is 6.96. The highest BCUT2D eigenvalue weighted by molar-refractivity contribution is 7.86. The number of alkyl halides is 3. The Bertz CT molecular complexity index is 1050. The van der Waals surface area contributed by atoms with E-state index in [1.54, 1.807) is 7.14 Å². The maximum atomic E-state index is 10.7. The summed E-state index contributed by atoms with van der Waals surface area (Å²) in [6.07, 6.45) is 0. The van der Waals surface area contributed by atoms with Gasteiger partial charge in [0.15, 0.2) is 10.1 Å². The van der Waals surface area contributed by atoms with Crippen LogP contribution in [0.1, 0.15) is 0 Å². The molecule has 0 aromatic heterocycles. The quantitative estimate of drug-likeness (QED) is 0.216. The van der Waals surface area contributed by atoms with Crippen LogP contribution in [0.5, 0.6) is 0 Å². The van der Waals surface area contributed by atoms with Gasteiger partial charge in [-0.25, -0.2) is 8.42 Å². The molecule has 0 unspecified atom stereocenters. The molecule has 25 heavy (non-hydrogen) atoms. The van der Waals surface area contributed by atoms with Crippen molar-refractivity contribution in [2.75, 3.05) is 0 Å². The summed E-state index contributed by atoms with van der Waals surface area (Å²) < 4.78 is 62.1. The topological polar surface area (TPSA) is 57.2 Å². The fourth-order valence-corrected chi connectivity index (χ4v) is 5.68. The third-order valence-corrected chi connectivity index (χ3v) is 7.30. The fourth-order valence-electron chi connectivity index (χ4n) is 2.41. The molecule has 0 saturated carbocycles. The normalized spacial score (nSPS) is 13.0. The van der Waals surface area contributed by atoms with Gasteiger partial charge in [-0.2, -0.15) is 13.2 Å². The molecule has 1 aliphatic heterocycles. The molecule has 4 rings (SSSR count). The largest absolute Gasteiger partial charge is 0.741 e. The van der Waals surface area contributed by atoms with Gasteiger partial charge in [0, 0.05) is 16.5 Å². The number of hydrogen-bond donors (Lipinski definition) is 0. The smallest absolute Gasteiger partial charge is 0.485 e. The highest BCUT2D eigenvalue weighted by atomic mass is 127. The van der Waals surface area contributed by atoms with E-state index < -0.39 is 15.6 Å². The summed E-state index contributed by atoms with van der Waals surface area (Å²) in [4.78, 5) is 0. The first-order valence-corrected chi connectivity index (χ1v) is 10.5. The second-order valence-electron chi connectivity index (χ2n) is 5.12. The second-order valence-corrected chi connectivity index (χ2v) is 9.27. The first-order chi connectivity index (χ1) is 11.7. The summed E-state index contributed by atoms with van der Waals surface area (Å²) in [7, 11) is -6.09. The Kier molecular flexibility index (Phi) is 4.78. The Morgan fingerprint density at radius 3 is 2.12 bits per heavy atom. The van der Waals surface area contributed by atoms with Crippen molar-refractivity contribution in [1.82, 2.24) is 0 Å². The Morgan fingerprint density at radius 1 is 0.840 bits per heavy atom. The minimum absolute atomic E-state index is 0.000572. The van der Waals surface area contributed by atoms with Crippen molar-refractivity contribution in [3.05, 3.63) is 67.8 Å². The van der Waals surface area contributed by atoms with Crippen LogP contribution in [-0.4, -0.2) is 18.5 Å². The zero-order valence-corrected chi connectivity index (χ0v) is 15.4. The van der Waals surface area contributed by atoms with Gasteiger partial charge in [-0.05, 0) is 29.7 Å². The van der Waals surface area contributed by atoms with Gasteiger partial charge in [-0.3, -0.25) is 0 Å². The lowest BCUT2D eigenvalue weighted by Crippen LogP contribution is -3.61. The molecule has 1 heterocycles. The minimum atomic E-state index is -6.09. The molecular weight excluding hydrogens is 468 g/mol. The van der Waals surface area contributed by atoms with Gasteiger partial charge >= 0.3 is 26.7 Å². The molecule has 0 N–H and O–H groups in total. The van der Waals surface area contributed by atoms with Crippen molar-refractivity contribution in [2.24, 2.45) is 0 Å². The number of halogens is 4. The van der Waals surface area contributed by atoms with E-state index in [0.717, 1.165) is 0 Å². The second kappa shape index (κ2) is 6.58. The van der Waals surface area contributed by atoms with Crippen LogP contribution in [0.4, 0.5) is 13.2 Å². The van der Waals surface area contributed by atoms with E-state index in [-0.39, 0.29) is 21.2 Å². The van der Waals surface area contributed by atoms with Gasteiger partial charge in [0.05, 0.1) is 0 Å². The maximum Gasteiger partial charge on any atom is 0.485 e. The standard InChI is InChI=1S/C16H10I.CHF3O3S/c1-2-6-12-11(5-1)9-10-14-13-7-3-4-8-15(13)17-16(12)14;2-1(3,4)8(5,6)7/h1-10H;(H,5,6,7)/q+1;/p-1. The summed E-state index contributed by atoms with van der Waals surface area (Å²) in [6, 6.07) is 22.1. The van der Waals surface area contributed by atoms with Crippen molar-refractivity contribution >= 4 is 20.9 Å². The van der Waals surface area contributed by atoms with E-state index in [1.807, 2.05) is 0 Å². The Morgan fingerprint density at radius 2 is 1.44 bits per heavy atom. The van der Waals surface area contributed by atoms with Crippen LogP contribution in [0, 0.1) is 7.14 Å². The Labute approximate surface area is 152 Å². The predicted molar refractivity (Wildman–Crippen MR) is 82.5 cm³/mol. The SMILES string of the molecule is O=S(=O)([O-])C(F)(F)F.c1ccc2c(c1)[I+]c1c-2ccc2ccccc12. The van der Waals surface area contributed by atoms with Crippen molar-refractivity contribution in [3.8, 4) is 11.1 Å². The summed E-state index contributed by atoms with van der Waals surface area (Å²) in [5.74, 6) is 0. The summed E-state index contributed by atoms with van der Waals surface area (Å²) in [5, 5.41) is 2.83. The Balaban J connectivity index is 0.000000197. The van der Waals surface area contributed by atoms with Gasteiger partial charge in [0.1, 0.15) is 0 Å². The average Bonchev–Trinajstić information content (AvgIpc) is 2.93. The van der Waals surface area contributed by atoms with Crippen LogP contribution in [0.25, 0.3) is 21.9 Å². The molecule has 3 aromatic rings.